The number of amides is 1. The molecule has 1 unspecified atom stereocenters. The summed E-state index contributed by atoms with van der Waals surface area (Å²) in [6.07, 6.45) is 3.54. The van der Waals surface area contributed by atoms with Gasteiger partial charge in [-0.25, -0.2) is 0 Å². The van der Waals surface area contributed by atoms with Crippen molar-refractivity contribution < 1.29 is 9.90 Å². The third-order valence-electron chi connectivity index (χ3n) is 2.67. The van der Waals surface area contributed by atoms with Crippen molar-refractivity contribution in [2.75, 3.05) is 0 Å². The van der Waals surface area contributed by atoms with Crippen LogP contribution in [0.5, 0.6) is 5.75 Å². The average Bonchev–Trinajstić information content (AvgIpc) is 2.74. The van der Waals surface area contributed by atoms with E-state index in [1.165, 1.54) is 28.2 Å². The number of aromatic hydroxyl groups is 1. The maximum atomic E-state index is 11.9. The Morgan fingerprint density at radius 2 is 2.26 bits per heavy atom. The Labute approximate surface area is 116 Å². The van der Waals surface area contributed by atoms with E-state index in [2.05, 4.69) is 29.4 Å². The van der Waals surface area contributed by atoms with Gasteiger partial charge in [-0.3, -0.25) is 9.78 Å². The van der Waals surface area contributed by atoms with Gasteiger partial charge < -0.3 is 10.4 Å². The zero-order valence-corrected chi connectivity index (χ0v) is 11.7. The van der Waals surface area contributed by atoms with E-state index < -0.39 is 0 Å². The van der Waals surface area contributed by atoms with Gasteiger partial charge in [0, 0.05) is 28.4 Å². The van der Waals surface area contributed by atoms with Crippen molar-refractivity contribution >= 4 is 17.2 Å². The highest BCUT2D eigenvalue weighted by molar-refractivity contribution is 7.11. The molecule has 0 saturated carbocycles. The Hall–Kier alpha value is -1.88. The fourth-order valence-electron chi connectivity index (χ4n) is 1.81. The van der Waals surface area contributed by atoms with Gasteiger partial charge in [0.2, 0.25) is 0 Å². The molecular formula is C14H16N2O2S. The molecule has 1 amide bonds. The normalized spacial score (nSPS) is 12.1. The van der Waals surface area contributed by atoms with Crippen molar-refractivity contribution in [3.8, 4) is 5.75 Å². The first kappa shape index (κ1) is 13.5. The molecule has 2 heterocycles. The van der Waals surface area contributed by atoms with E-state index in [1.807, 2.05) is 6.92 Å². The van der Waals surface area contributed by atoms with E-state index in [0.717, 1.165) is 6.42 Å². The Bertz CT molecular complexity index is 580. The van der Waals surface area contributed by atoms with E-state index in [4.69, 9.17) is 0 Å². The fourth-order valence-corrected chi connectivity index (χ4v) is 2.83. The summed E-state index contributed by atoms with van der Waals surface area (Å²) in [6.45, 7) is 4.03. The molecule has 5 heteroatoms. The molecule has 100 valence electrons. The number of hydrogen-bond donors (Lipinski definition) is 2. The highest BCUT2D eigenvalue weighted by Gasteiger charge is 2.12. The highest BCUT2D eigenvalue weighted by Crippen LogP contribution is 2.17. The summed E-state index contributed by atoms with van der Waals surface area (Å²) < 4.78 is 0. The Balaban J connectivity index is 1.95. The molecular weight excluding hydrogens is 260 g/mol. The molecule has 0 aromatic carbocycles. The molecule has 0 bridgehead atoms. The molecule has 2 aromatic rings. The third-order valence-corrected chi connectivity index (χ3v) is 3.69. The van der Waals surface area contributed by atoms with Crippen molar-refractivity contribution in [2.45, 2.75) is 26.3 Å². The predicted octanol–water partition coefficient (Wildman–Crippen LogP) is 2.52. The van der Waals surface area contributed by atoms with E-state index in [-0.39, 0.29) is 17.7 Å². The van der Waals surface area contributed by atoms with E-state index in [9.17, 15) is 9.90 Å². The van der Waals surface area contributed by atoms with Crippen LogP contribution in [0.1, 0.15) is 27.0 Å². The smallest absolute Gasteiger partial charge is 0.253 e. The number of nitrogens with one attached hydrogen (secondary N) is 1. The number of rotatable bonds is 4. The van der Waals surface area contributed by atoms with Crippen LogP contribution < -0.4 is 5.32 Å². The maximum absolute atomic E-state index is 11.9. The summed E-state index contributed by atoms with van der Waals surface area (Å²) >= 11 is 1.74. The van der Waals surface area contributed by atoms with Crippen molar-refractivity contribution in [2.24, 2.45) is 0 Å². The van der Waals surface area contributed by atoms with Crippen LogP contribution in [0.2, 0.25) is 0 Å². The number of aromatic nitrogens is 1. The van der Waals surface area contributed by atoms with Crippen LogP contribution in [0.15, 0.2) is 30.6 Å². The van der Waals surface area contributed by atoms with Gasteiger partial charge in [0.05, 0.1) is 11.8 Å². The second-order valence-corrected chi connectivity index (χ2v) is 5.90. The predicted molar refractivity (Wildman–Crippen MR) is 75.6 cm³/mol. The minimum absolute atomic E-state index is 0.00538. The van der Waals surface area contributed by atoms with E-state index in [1.54, 1.807) is 11.3 Å². The second kappa shape index (κ2) is 5.84. The Morgan fingerprint density at radius 1 is 1.47 bits per heavy atom. The lowest BCUT2D eigenvalue weighted by Gasteiger charge is -2.12. The number of hydrogen-bond acceptors (Lipinski definition) is 4. The minimum Gasteiger partial charge on any atom is -0.506 e. The van der Waals surface area contributed by atoms with Gasteiger partial charge in [-0.1, -0.05) is 0 Å². The molecule has 19 heavy (non-hydrogen) atoms. The molecule has 4 nitrogen and oxygen atoms in total. The number of carbonyl (C=O) groups excluding carboxylic acids is 1. The monoisotopic (exact) mass is 276 g/mol. The summed E-state index contributed by atoms with van der Waals surface area (Å²) in [6, 6.07) is 5.60. The summed E-state index contributed by atoms with van der Waals surface area (Å²) in [5.74, 6) is -0.224. The molecule has 1 atom stereocenters. The van der Waals surface area contributed by atoms with Crippen LogP contribution in [0.4, 0.5) is 0 Å². The van der Waals surface area contributed by atoms with Gasteiger partial charge >= 0.3 is 0 Å². The first-order valence-electron chi connectivity index (χ1n) is 6.05. The highest BCUT2D eigenvalue weighted by atomic mass is 32.1. The lowest BCUT2D eigenvalue weighted by Crippen LogP contribution is -2.33. The number of nitrogens with zero attached hydrogens (tertiary/aromatic N) is 1. The summed E-state index contributed by atoms with van der Waals surface area (Å²) in [4.78, 5) is 18.3. The minimum atomic E-state index is -0.218. The van der Waals surface area contributed by atoms with E-state index >= 15 is 0 Å². The number of aryl methyl sites for hydroxylation is 1. The molecule has 0 aliphatic carbocycles. The molecule has 0 fully saturated rings. The first-order valence-corrected chi connectivity index (χ1v) is 6.86. The fraction of sp³-hybridized carbons (Fsp3) is 0.286. The van der Waals surface area contributed by atoms with E-state index in [0.29, 0.717) is 5.56 Å². The summed E-state index contributed by atoms with van der Waals surface area (Å²) in [5, 5.41) is 12.2. The summed E-state index contributed by atoms with van der Waals surface area (Å²) in [5.41, 5.74) is 0.370. The second-order valence-electron chi connectivity index (χ2n) is 4.52. The van der Waals surface area contributed by atoms with Crippen molar-refractivity contribution in [3.05, 3.63) is 45.9 Å². The van der Waals surface area contributed by atoms with Gasteiger partial charge in [-0.2, -0.15) is 0 Å². The quantitative estimate of drug-likeness (QED) is 0.902. The van der Waals surface area contributed by atoms with Gasteiger partial charge in [0.25, 0.3) is 5.91 Å². The van der Waals surface area contributed by atoms with Crippen LogP contribution in [0, 0.1) is 6.92 Å². The zero-order valence-electron chi connectivity index (χ0n) is 10.9. The maximum Gasteiger partial charge on any atom is 0.253 e. The van der Waals surface area contributed by atoms with Gasteiger partial charge in [0.15, 0.2) is 0 Å². The Morgan fingerprint density at radius 3 is 2.89 bits per heavy atom. The van der Waals surface area contributed by atoms with Crippen LogP contribution >= 0.6 is 11.3 Å². The molecule has 0 aliphatic rings. The molecule has 2 rings (SSSR count). The molecule has 2 N–H and O–H groups in total. The lowest BCUT2D eigenvalue weighted by molar-refractivity contribution is 0.0939. The molecule has 0 spiro atoms. The topological polar surface area (TPSA) is 62.2 Å². The SMILES string of the molecule is Cc1ccc(CC(C)NC(=O)c2cncc(O)c2)s1. The van der Waals surface area contributed by atoms with Crippen LogP contribution in [0.3, 0.4) is 0 Å². The van der Waals surface area contributed by atoms with Crippen molar-refractivity contribution in [3.63, 3.8) is 0 Å². The molecule has 0 radical (unpaired) electrons. The number of carbonyl (C=O) groups is 1. The van der Waals surface area contributed by atoms with Crippen molar-refractivity contribution in [1.29, 1.82) is 0 Å². The molecule has 0 aliphatic heterocycles. The number of pyridine rings is 1. The van der Waals surface area contributed by atoms with Crippen LogP contribution in [-0.2, 0) is 6.42 Å². The lowest BCUT2D eigenvalue weighted by atomic mass is 10.2. The molecule has 0 saturated heterocycles. The Kier molecular flexibility index (Phi) is 4.16. The van der Waals surface area contributed by atoms with Crippen LogP contribution in [-0.4, -0.2) is 22.0 Å². The van der Waals surface area contributed by atoms with Gasteiger partial charge in [0.1, 0.15) is 5.75 Å². The van der Waals surface area contributed by atoms with Gasteiger partial charge in [-0.05, 0) is 32.0 Å². The van der Waals surface area contributed by atoms with Crippen LogP contribution in [0.25, 0.3) is 0 Å². The number of thiophene rings is 1. The van der Waals surface area contributed by atoms with Crippen molar-refractivity contribution in [1.82, 2.24) is 10.3 Å². The standard InChI is InChI=1S/C14H16N2O2S/c1-9(5-13-4-3-10(2)19-13)16-14(18)11-6-12(17)8-15-7-11/h3-4,6-9,17H,5H2,1-2H3,(H,16,18). The third kappa shape index (κ3) is 3.79. The first-order chi connectivity index (χ1) is 9.04. The average molecular weight is 276 g/mol. The molecule has 2 aromatic heterocycles. The summed E-state index contributed by atoms with van der Waals surface area (Å²) in [7, 11) is 0. The zero-order chi connectivity index (χ0) is 13.8. The van der Waals surface area contributed by atoms with Gasteiger partial charge in [-0.15, -0.1) is 11.3 Å². The largest absolute Gasteiger partial charge is 0.506 e.